The van der Waals surface area contributed by atoms with E-state index >= 15 is 0 Å². The normalized spacial score (nSPS) is 10.7. The molecular formula is C13H21N7O. The second kappa shape index (κ2) is 6.87. The minimum Gasteiger partial charge on any atom is -0.461 e. The van der Waals surface area contributed by atoms with Gasteiger partial charge in [0, 0.05) is 25.9 Å². The highest BCUT2D eigenvalue weighted by Crippen LogP contribution is 2.16. The quantitative estimate of drug-likeness (QED) is 0.805. The van der Waals surface area contributed by atoms with E-state index in [1.54, 1.807) is 4.68 Å². The van der Waals surface area contributed by atoms with Gasteiger partial charge in [-0.1, -0.05) is 6.92 Å². The van der Waals surface area contributed by atoms with Crippen molar-refractivity contribution in [3.8, 4) is 6.01 Å². The second-order valence-corrected chi connectivity index (χ2v) is 4.86. The lowest BCUT2D eigenvalue weighted by atomic mass is 10.5. The summed E-state index contributed by atoms with van der Waals surface area (Å²) in [6, 6.07) is 2.13. The molecule has 0 aliphatic carbocycles. The van der Waals surface area contributed by atoms with Crippen molar-refractivity contribution in [2.45, 2.75) is 33.3 Å². The fraction of sp³-hybridized carbons (Fsp3) is 0.538. The first-order valence-corrected chi connectivity index (χ1v) is 7.00. The van der Waals surface area contributed by atoms with Crippen LogP contribution in [0, 0.1) is 0 Å². The number of aryl methyl sites for hydroxylation is 1. The van der Waals surface area contributed by atoms with Gasteiger partial charge >= 0.3 is 6.01 Å². The molecule has 0 fully saturated rings. The minimum absolute atomic E-state index is 0.00544. The number of aromatic nitrogens is 5. The molecule has 0 aliphatic heterocycles. The summed E-state index contributed by atoms with van der Waals surface area (Å²) < 4.78 is 7.25. The fourth-order valence-electron chi connectivity index (χ4n) is 1.59. The van der Waals surface area contributed by atoms with E-state index in [0.29, 0.717) is 17.7 Å². The van der Waals surface area contributed by atoms with E-state index in [1.807, 2.05) is 33.2 Å². The van der Waals surface area contributed by atoms with Crippen molar-refractivity contribution < 1.29 is 4.74 Å². The molecule has 0 radical (unpaired) electrons. The number of nitrogens with one attached hydrogen (secondary N) is 2. The molecule has 0 spiro atoms. The van der Waals surface area contributed by atoms with Crippen molar-refractivity contribution in [1.29, 1.82) is 0 Å². The van der Waals surface area contributed by atoms with E-state index in [9.17, 15) is 0 Å². The lowest BCUT2D eigenvalue weighted by Gasteiger charge is -2.11. The summed E-state index contributed by atoms with van der Waals surface area (Å²) in [5, 5.41) is 10.4. The molecule has 2 aromatic rings. The molecule has 0 amide bonds. The van der Waals surface area contributed by atoms with Crippen LogP contribution in [-0.4, -0.2) is 37.4 Å². The zero-order valence-electron chi connectivity index (χ0n) is 12.8. The van der Waals surface area contributed by atoms with Gasteiger partial charge in [-0.05, 0) is 20.3 Å². The van der Waals surface area contributed by atoms with Gasteiger partial charge in [0.05, 0.1) is 6.10 Å². The average Bonchev–Trinajstić information content (AvgIpc) is 2.80. The number of ether oxygens (including phenoxy) is 1. The van der Waals surface area contributed by atoms with E-state index in [-0.39, 0.29) is 12.1 Å². The summed E-state index contributed by atoms with van der Waals surface area (Å²) in [5.74, 6) is 1.56. The fourth-order valence-corrected chi connectivity index (χ4v) is 1.59. The van der Waals surface area contributed by atoms with Gasteiger partial charge in [-0.25, -0.2) is 0 Å². The first-order chi connectivity index (χ1) is 10.1. The highest BCUT2D eigenvalue weighted by atomic mass is 16.5. The van der Waals surface area contributed by atoms with Crippen LogP contribution < -0.4 is 15.4 Å². The third-order valence-corrected chi connectivity index (χ3v) is 2.44. The Morgan fingerprint density at radius 2 is 2.00 bits per heavy atom. The van der Waals surface area contributed by atoms with Crippen LogP contribution in [0.2, 0.25) is 0 Å². The molecule has 0 unspecified atom stereocenters. The van der Waals surface area contributed by atoms with Crippen molar-refractivity contribution in [3.05, 3.63) is 12.3 Å². The zero-order chi connectivity index (χ0) is 15.2. The summed E-state index contributed by atoms with van der Waals surface area (Å²) in [4.78, 5) is 12.8. The molecule has 2 aromatic heterocycles. The first-order valence-electron chi connectivity index (χ1n) is 7.00. The topological polar surface area (TPSA) is 89.8 Å². The number of rotatable bonds is 7. The number of hydrogen-bond acceptors (Lipinski definition) is 7. The van der Waals surface area contributed by atoms with Crippen molar-refractivity contribution >= 4 is 17.7 Å². The molecule has 0 atom stereocenters. The Morgan fingerprint density at radius 3 is 2.62 bits per heavy atom. The molecule has 0 bridgehead atoms. The first kappa shape index (κ1) is 15.0. The average molecular weight is 291 g/mol. The highest BCUT2D eigenvalue weighted by Gasteiger charge is 2.10. The summed E-state index contributed by atoms with van der Waals surface area (Å²) >= 11 is 0. The van der Waals surface area contributed by atoms with Gasteiger partial charge in [0.1, 0.15) is 0 Å². The summed E-state index contributed by atoms with van der Waals surface area (Å²) in [5.41, 5.74) is 0. The smallest absolute Gasteiger partial charge is 0.323 e. The van der Waals surface area contributed by atoms with Crippen LogP contribution in [0.4, 0.5) is 17.7 Å². The third-order valence-electron chi connectivity index (χ3n) is 2.44. The zero-order valence-corrected chi connectivity index (χ0v) is 12.8. The van der Waals surface area contributed by atoms with Crippen LogP contribution in [0.1, 0.15) is 27.2 Å². The minimum atomic E-state index is -0.00544. The lowest BCUT2D eigenvalue weighted by molar-refractivity contribution is 0.222. The van der Waals surface area contributed by atoms with Crippen molar-refractivity contribution in [3.63, 3.8) is 0 Å². The Morgan fingerprint density at radius 1 is 1.24 bits per heavy atom. The van der Waals surface area contributed by atoms with E-state index in [0.717, 1.165) is 13.0 Å². The molecule has 0 saturated carbocycles. The number of nitrogens with zero attached hydrogens (tertiary/aromatic N) is 5. The Balaban J connectivity index is 2.21. The van der Waals surface area contributed by atoms with E-state index in [4.69, 9.17) is 4.74 Å². The molecule has 0 aromatic carbocycles. The summed E-state index contributed by atoms with van der Waals surface area (Å²) in [7, 11) is 1.85. The van der Waals surface area contributed by atoms with Crippen molar-refractivity contribution in [1.82, 2.24) is 24.7 Å². The van der Waals surface area contributed by atoms with Gasteiger partial charge < -0.3 is 15.4 Å². The van der Waals surface area contributed by atoms with Gasteiger partial charge in [0.25, 0.3) is 0 Å². The van der Waals surface area contributed by atoms with Gasteiger partial charge in [-0.3, -0.25) is 4.68 Å². The maximum atomic E-state index is 5.55. The molecule has 21 heavy (non-hydrogen) atoms. The molecule has 2 heterocycles. The van der Waals surface area contributed by atoms with Crippen molar-refractivity contribution in [2.24, 2.45) is 7.05 Å². The van der Waals surface area contributed by atoms with Crippen LogP contribution in [0.15, 0.2) is 12.3 Å². The Labute approximate surface area is 124 Å². The molecule has 114 valence electrons. The maximum Gasteiger partial charge on any atom is 0.323 e. The predicted molar refractivity (Wildman–Crippen MR) is 80.9 cm³/mol. The Bertz CT molecular complexity index is 582. The van der Waals surface area contributed by atoms with Crippen molar-refractivity contribution in [2.75, 3.05) is 17.2 Å². The molecular weight excluding hydrogens is 270 g/mol. The van der Waals surface area contributed by atoms with Gasteiger partial charge in [-0.2, -0.15) is 20.1 Å². The van der Waals surface area contributed by atoms with Crippen LogP contribution in [0.25, 0.3) is 0 Å². The molecule has 0 aliphatic rings. The largest absolute Gasteiger partial charge is 0.461 e. The molecule has 0 saturated heterocycles. The third kappa shape index (κ3) is 4.59. The van der Waals surface area contributed by atoms with Crippen LogP contribution in [-0.2, 0) is 7.05 Å². The van der Waals surface area contributed by atoms with Crippen LogP contribution in [0.5, 0.6) is 6.01 Å². The van der Waals surface area contributed by atoms with Gasteiger partial charge in [-0.15, -0.1) is 0 Å². The lowest BCUT2D eigenvalue weighted by Crippen LogP contribution is -2.13. The number of anilines is 3. The van der Waals surface area contributed by atoms with E-state index in [1.165, 1.54) is 0 Å². The summed E-state index contributed by atoms with van der Waals surface area (Å²) in [6.07, 6.45) is 2.81. The van der Waals surface area contributed by atoms with Gasteiger partial charge in [0.2, 0.25) is 11.9 Å². The molecule has 2 rings (SSSR count). The predicted octanol–water partition coefficient (Wildman–Crippen LogP) is 1.96. The Hall–Kier alpha value is -2.38. The van der Waals surface area contributed by atoms with Crippen LogP contribution >= 0.6 is 0 Å². The monoisotopic (exact) mass is 291 g/mol. The molecule has 8 heteroatoms. The second-order valence-electron chi connectivity index (χ2n) is 4.86. The number of hydrogen-bond donors (Lipinski definition) is 2. The molecule has 2 N–H and O–H groups in total. The molecule has 8 nitrogen and oxygen atoms in total. The SMILES string of the molecule is CCCNc1nc(Nc2ccn(C)n2)nc(OC(C)C)n1. The summed E-state index contributed by atoms with van der Waals surface area (Å²) in [6.45, 7) is 6.71. The maximum absolute atomic E-state index is 5.55. The Kier molecular flexibility index (Phi) is 4.91. The standard InChI is InChI=1S/C13H21N7O/c1-5-7-14-11-16-12(15-10-6-8-20(4)19-10)18-13(17-11)21-9(2)3/h6,8-9H,5,7H2,1-4H3,(H2,14,15,16,17,18,19). The van der Waals surface area contributed by atoms with Gasteiger partial charge in [0.15, 0.2) is 5.82 Å². The van der Waals surface area contributed by atoms with E-state index in [2.05, 4.69) is 37.6 Å². The van der Waals surface area contributed by atoms with Crippen LogP contribution in [0.3, 0.4) is 0 Å². The highest BCUT2D eigenvalue weighted by molar-refractivity contribution is 5.48. The van der Waals surface area contributed by atoms with E-state index < -0.39 is 0 Å².